The van der Waals surface area contributed by atoms with E-state index in [1.165, 1.54) is 5.56 Å². The molecular formula is C13H25N3. The van der Waals surface area contributed by atoms with Gasteiger partial charge in [0.1, 0.15) is 5.82 Å². The first kappa shape index (κ1) is 15.0. The van der Waals surface area contributed by atoms with E-state index in [0.29, 0.717) is 5.92 Å². The number of aromatic nitrogens is 2. The van der Waals surface area contributed by atoms with Crippen LogP contribution in [0.2, 0.25) is 0 Å². The second-order valence-electron chi connectivity index (χ2n) is 3.93. The fourth-order valence-corrected chi connectivity index (χ4v) is 1.52. The molecule has 0 saturated carbocycles. The lowest BCUT2D eigenvalue weighted by molar-refractivity contribution is 0.367. The van der Waals surface area contributed by atoms with Crippen LogP contribution < -0.4 is 0 Å². The fourth-order valence-electron chi connectivity index (χ4n) is 1.52. The molecule has 92 valence electrons. The molecular weight excluding hydrogens is 198 g/mol. The first-order valence-corrected chi connectivity index (χ1v) is 6.06. The molecule has 0 unspecified atom stereocenters. The van der Waals surface area contributed by atoms with E-state index in [1.807, 2.05) is 33.2 Å². The van der Waals surface area contributed by atoms with Crippen LogP contribution in [0.3, 0.4) is 0 Å². The molecule has 3 heteroatoms. The van der Waals surface area contributed by atoms with Gasteiger partial charge in [0.15, 0.2) is 0 Å². The Morgan fingerprint density at radius 2 is 1.69 bits per heavy atom. The SMILES string of the molecule is CC.CC[C@H](CN(C)C)c1cnc(C)nc1. The van der Waals surface area contributed by atoms with Crippen LogP contribution in [0.25, 0.3) is 0 Å². The summed E-state index contributed by atoms with van der Waals surface area (Å²) in [6.07, 6.45) is 5.02. The quantitative estimate of drug-likeness (QED) is 0.786. The average Bonchev–Trinajstić information content (AvgIpc) is 2.29. The molecule has 1 aromatic heterocycles. The maximum Gasteiger partial charge on any atom is 0.125 e. The van der Waals surface area contributed by atoms with E-state index in [9.17, 15) is 0 Å². The lowest BCUT2D eigenvalue weighted by atomic mass is 9.99. The minimum atomic E-state index is 0.547. The molecule has 0 N–H and O–H groups in total. The first-order chi connectivity index (χ1) is 7.63. The summed E-state index contributed by atoms with van der Waals surface area (Å²) in [5.41, 5.74) is 1.24. The van der Waals surface area contributed by atoms with Crippen LogP contribution in [0, 0.1) is 6.92 Å². The maximum absolute atomic E-state index is 4.23. The summed E-state index contributed by atoms with van der Waals surface area (Å²) >= 11 is 0. The van der Waals surface area contributed by atoms with Gasteiger partial charge in [-0.1, -0.05) is 20.8 Å². The Balaban J connectivity index is 0.00000106. The summed E-state index contributed by atoms with van der Waals surface area (Å²) in [5, 5.41) is 0. The highest BCUT2D eigenvalue weighted by molar-refractivity contribution is 5.11. The number of aryl methyl sites for hydroxylation is 1. The Hall–Kier alpha value is -0.960. The number of nitrogens with zero attached hydrogens (tertiary/aromatic N) is 3. The molecule has 3 nitrogen and oxygen atoms in total. The summed E-state index contributed by atoms with van der Waals surface area (Å²) in [4.78, 5) is 10.7. The molecule has 1 atom stereocenters. The summed E-state index contributed by atoms with van der Waals surface area (Å²) in [6.45, 7) is 9.17. The molecule has 0 saturated heterocycles. The summed E-state index contributed by atoms with van der Waals surface area (Å²) in [6, 6.07) is 0. The summed E-state index contributed by atoms with van der Waals surface area (Å²) in [5.74, 6) is 1.39. The van der Waals surface area contributed by atoms with Crippen molar-refractivity contribution < 1.29 is 0 Å². The Labute approximate surface area is 99.9 Å². The third-order valence-electron chi connectivity index (χ3n) is 2.35. The Morgan fingerprint density at radius 3 is 2.06 bits per heavy atom. The summed E-state index contributed by atoms with van der Waals surface area (Å²) in [7, 11) is 4.19. The van der Waals surface area contributed by atoms with Gasteiger partial charge >= 0.3 is 0 Å². The molecule has 0 spiro atoms. The van der Waals surface area contributed by atoms with E-state index in [1.54, 1.807) is 0 Å². The van der Waals surface area contributed by atoms with Crippen molar-refractivity contribution in [3.05, 3.63) is 23.8 Å². The average molecular weight is 223 g/mol. The van der Waals surface area contributed by atoms with Crippen LogP contribution >= 0.6 is 0 Å². The van der Waals surface area contributed by atoms with Gasteiger partial charge in [-0.25, -0.2) is 9.97 Å². The lowest BCUT2D eigenvalue weighted by Crippen LogP contribution is -2.20. The zero-order valence-corrected chi connectivity index (χ0v) is 11.5. The second-order valence-corrected chi connectivity index (χ2v) is 3.93. The third kappa shape index (κ3) is 5.21. The van der Waals surface area contributed by atoms with E-state index in [0.717, 1.165) is 18.8 Å². The van der Waals surface area contributed by atoms with Crippen LogP contribution in [-0.2, 0) is 0 Å². The standard InChI is InChI=1S/C11H19N3.C2H6/c1-5-10(8-14(3)4)11-6-12-9(2)13-7-11;1-2/h6-7,10H,5,8H2,1-4H3;1-2H3/t10-;/m1./s1. The van der Waals surface area contributed by atoms with Crippen molar-refractivity contribution in [2.75, 3.05) is 20.6 Å². The molecule has 1 rings (SSSR count). The minimum Gasteiger partial charge on any atom is -0.309 e. The number of rotatable bonds is 4. The van der Waals surface area contributed by atoms with Crippen molar-refractivity contribution in [3.8, 4) is 0 Å². The van der Waals surface area contributed by atoms with Crippen molar-refractivity contribution in [2.24, 2.45) is 0 Å². The highest BCUT2D eigenvalue weighted by atomic mass is 15.1. The zero-order chi connectivity index (χ0) is 12.6. The largest absolute Gasteiger partial charge is 0.309 e. The number of likely N-dealkylation sites (N-methyl/N-ethyl adjacent to an activating group) is 1. The van der Waals surface area contributed by atoms with Gasteiger partial charge in [0.25, 0.3) is 0 Å². The van der Waals surface area contributed by atoms with Crippen LogP contribution in [0.5, 0.6) is 0 Å². The number of hydrogen-bond donors (Lipinski definition) is 0. The maximum atomic E-state index is 4.23. The van der Waals surface area contributed by atoms with Gasteiger partial charge < -0.3 is 4.90 Å². The monoisotopic (exact) mass is 223 g/mol. The second kappa shape index (κ2) is 8.22. The highest BCUT2D eigenvalue weighted by Gasteiger charge is 2.10. The van der Waals surface area contributed by atoms with Crippen LogP contribution in [0.15, 0.2) is 12.4 Å². The number of hydrogen-bond acceptors (Lipinski definition) is 3. The molecule has 0 aliphatic heterocycles. The van der Waals surface area contributed by atoms with Gasteiger partial charge in [-0.2, -0.15) is 0 Å². The molecule has 0 aromatic carbocycles. The fraction of sp³-hybridized carbons (Fsp3) is 0.692. The van der Waals surface area contributed by atoms with Crippen LogP contribution in [0.4, 0.5) is 0 Å². The van der Waals surface area contributed by atoms with Crippen LogP contribution in [-0.4, -0.2) is 35.5 Å². The Bertz CT molecular complexity index is 267. The zero-order valence-electron chi connectivity index (χ0n) is 11.5. The Morgan fingerprint density at radius 1 is 1.19 bits per heavy atom. The molecule has 0 fully saturated rings. The van der Waals surface area contributed by atoms with Gasteiger partial charge in [-0.3, -0.25) is 0 Å². The predicted octanol–water partition coefficient (Wildman–Crippen LogP) is 2.87. The minimum absolute atomic E-state index is 0.547. The molecule has 0 radical (unpaired) electrons. The van der Waals surface area contributed by atoms with E-state index < -0.39 is 0 Å². The Kier molecular flexibility index (Phi) is 7.73. The van der Waals surface area contributed by atoms with Gasteiger partial charge in [-0.05, 0) is 38.9 Å². The molecule has 0 aliphatic carbocycles. The molecule has 1 heterocycles. The predicted molar refractivity (Wildman–Crippen MR) is 69.7 cm³/mol. The van der Waals surface area contributed by atoms with Gasteiger partial charge in [0.2, 0.25) is 0 Å². The normalized spacial score (nSPS) is 11.9. The van der Waals surface area contributed by atoms with E-state index in [4.69, 9.17) is 0 Å². The molecule has 0 amide bonds. The van der Waals surface area contributed by atoms with E-state index >= 15 is 0 Å². The van der Waals surface area contributed by atoms with E-state index in [-0.39, 0.29) is 0 Å². The van der Waals surface area contributed by atoms with Gasteiger partial charge in [0.05, 0.1) is 0 Å². The first-order valence-electron chi connectivity index (χ1n) is 6.06. The topological polar surface area (TPSA) is 29.0 Å². The molecule has 1 aromatic rings. The third-order valence-corrected chi connectivity index (χ3v) is 2.35. The summed E-state index contributed by atoms with van der Waals surface area (Å²) < 4.78 is 0. The lowest BCUT2D eigenvalue weighted by Gasteiger charge is -2.19. The molecule has 16 heavy (non-hydrogen) atoms. The van der Waals surface area contributed by atoms with Crippen molar-refractivity contribution in [2.45, 2.75) is 40.0 Å². The molecule has 0 aliphatic rings. The van der Waals surface area contributed by atoms with Crippen molar-refractivity contribution in [1.82, 2.24) is 14.9 Å². The smallest absolute Gasteiger partial charge is 0.125 e. The van der Waals surface area contributed by atoms with Crippen molar-refractivity contribution in [1.29, 1.82) is 0 Å². The van der Waals surface area contributed by atoms with Crippen molar-refractivity contribution in [3.63, 3.8) is 0 Å². The van der Waals surface area contributed by atoms with Gasteiger partial charge in [-0.15, -0.1) is 0 Å². The van der Waals surface area contributed by atoms with Crippen molar-refractivity contribution >= 4 is 0 Å². The molecule has 0 bridgehead atoms. The van der Waals surface area contributed by atoms with Gasteiger partial charge in [0, 0.05) is 18.9 Å². The van der Waals surface area contributed by atoms with E-state index in [2.05, 4.69) is 35.9 Å². The highest BCUT2D eigenvalue weighted by Crippen LogP contribution is 2.18. The van der Waals surface area contributed by atoms with Crippen LogP contribution in [0.1, 0.15) is 44.5 Å².